The summed E-state index contributed by atoms with van der Waals surface area (Å²) in [6.45, 7) is 2.01. The lowest BCUT2D eigenvalue weighted by atomic mass is 10.2. The van der Waals surface area contributed by atoms with Crippen LogP contribution in [-0.4, -0.2) is 19.9 Å². The van der Waals surface area contributed by atoms with Crippen LogP contribution in [0.25, 0.3) is 5.82 Å². The Balaban J connectivity index is 2.47. The maximum atomic E-state index is 9.15. The number of nitrogens with zero attached hydrogens (tertiary/aromatic N) is 3. The molecule has 2 heterocycles. The highest BCUT2D eigenvalue weighted by molar-refractivity contribution is 6.30. The number of rotatable bonds is 3. The van der Waals surface area contributed by atoms with Crippen LogP contribution in [0.5, 0.6) is 0 Å². The molecule has 84 valence electrons. The van der Waals surface area contributed by atoms with E-state index in [0.29, 0.717) is 10.8 Å². The molecule has 0 aliphatic carbocycles. The average molecular weight is 238 g/mol. The fourth-order valence-electron chi connectivity index (χ4n) is 1.45. The molecular formula is C11H12ClN3O. The van der Waals surface area contributed by atoms with E-state index < -0.39 is 0 Å². The molecule has 0 saturated heterocycles. The summed E-state index contributed by atoms with van der Waals surface area (Å²) in [6, 6.07) is 3.68. The monoisotopic (exact) mass is 237 g/mol. The molecule has 0 atom stereocenters. The minimum absolute atomic E-state index is 0.00246. The number of aromatic nitrogens is 3. The Kier molecular flexibility index (Phi) is 3.22. The molecule has 2 aromatic heterocycles. The molecule has 0 amide bonds. The number of hydrogen-bond acceptors (Lipinski definition) is 3. The number of aryl methyl sites for hydroxylation is 1. The molecule has 2 aromatic rings. The molecular weight excluding hydrogens is 226 g/mol. The molecule has 16 heavy (non-hydrogen) atoms. The van der Waals surface area contributed by atoms with E-state index in [1.165, 1.54) is 0 Å². The maximum absolute atomic E-state index is 9.15. The third kappa shape index (κ3) is 2.23. The van der Waals surface area contributed by atoms with E-state index in [1.807, 2.05) is 13.0 Å². The number of aliphatic hydroxyl groups excluding tert-OH is 1. The lowest BCUT2D eigenvalue weighted by molar-refractivity contribution is 0.281. The van der Waals surface area contributed by atoms with Crippen molar-refractivity contribution in [2.45, 2.75) is 20.0 Å². The van der Waals surface area contributed by atoms with Crippen molar-refractivity contribution in [3.63, 3.8) is 0 Å². The fraction of sp³-hybridized carbons (Fsp3) is 0.273. The van der Waals surface area contributed by atoms with Gasteiger partial charge in [-0.15, -0.1) is 0 Å². The van der Waals surface area contributed by atoms with Gasteiger partial charge in [0.1, 0.15) is 0 Å². The molecule has 0 spiro atoms. The lowest BCUT2D eigenvalue weighted by Gasteiger charge is -2.05. The minimum atomic E-state index is -0.00246. The Morgan fingerprint density at radius 2 is 2.25 bits per heavy atom. The van der Waals surface area contributed by atoms with Crippen molar-refractivity contribution in [3.05, 3.63) is 40.8 Å². The largest absolute Gasteiger partial charge is 0.392 e. The Bertz CT molecular complexity index is 473. The molecule has 0 radical (unpaired) electrons. The van der Waals surface area contributed by atoms with Gasteiger partial charge < -0.3 is 5.11 Å². The van der Waals surface area contributed by atoms with Crippen molar-refractivity contribution in [2.75, 3.05) is 0 Å². The van der Waals surface area contributed by atoms with E-state index in [9.17, 15) is 0 Å². The zero-order valence-corrected chi connectivity index (χ0v) is 9.65. The summed E-state index contributed by atoms with van der Waals surface area (Å²) in [5.74, 6) is 0.676. The predicted molar refractivity (Wildman–Crippen MR) is 61.7 cm³/mol. The van der Waals surface area contributed by atoms with E-state index in [-0.39, 0.29) is 6.61 Å². The fourth-order valence-corrected chi connectivity index (χ4v) is 1.59. The molecule has 5 heteroatoms. The Morgan fingerprint density at radius 1 is 1.44 bits per heavy atom. The predicted octanol–water partition coefficient (Wildman–Crippen LogP) is 1.98. The van der Waals surface area contributed by atoms with Crippen molar-refractivity contribution in [3.8, 4) is 5.82 Å². The van der Waals surface area contributed by atoms with Crippen molar-refractivity contribution in [2.24, 2.45) is 0 Å². The van der Waals surface area contributed by atoms with Gasteiger partial charge in [0.2, 0.25) is 0 Å². The highest BCUT2D eigenvalue weighted by Gasteiger charge is 2.04. The Morgan fingerprint density at radius 3 is 2.81 bits per heavy atom. The first-order chi connectivity index (χ1) is 7.72. The zero-order chi connectivity index (χ0) is 11.5. The second kappa shape index (κ2) is 4.63. The molecule has 2 rings (SSSR count). The quantitative estimate of drug-likeness (QED) is 0.888. The van der Waals surface area contributed by atoms with Crippen LogP contribution < -0.4 is 0 Å². The van der Waals surface area contributed by atoms with Gasteiger partial charge in [-0.2, -0.15) is 5.10 Å². The van der Waals surface area contributed by atoms with Crippen molar-refractivity contribution < 1.29 is 5.11 Å². The minimum Gasteiger partial charge on any atom is -0.392 e. The van der Waals surface area contributed by atoms with Crippen LogP contribution in [0.3, 0.4) is 0 Å². The van der Waals surface area contributed by atoms with Gasteiger partial charge in [0.05, 0.1) is 24.0 Å². The molecule has 0 fully saturated rings. The summed E-state index contributed by atoms with van der Waals surface area (Å²) in [4.78, 5) is 4.41. The van der Waals surface area contributed by atoms with Gasteiger partial charge in [-0.25, -0.2) is 9.67 Å². The number of aliphatic hydroxyl groups is 1. The summed E-state index contributed by atoms with van der Waals surface area (Å²) in [6.07, 6.45) is 4.06. The number of halogens is 1. The van der Waals surface area contributed by atoms with Crippen LogP contribution in [0.15, 0.2) is 24.5 Å². The van der Waals surface area contributed by atoms with E-state index in [4.69, 9.17) is 16.7 Å². The van der Waals surface area contributed by atoms with E-state index in [1.54, 1.807) is 23.1 Å². The van der Waals surface area contributed by atoms with E-state index >= 15 is 0 Å². The van der Waals surface area contributed by atoms with Crippen LogP contribution >= 0.6 is 11.6 Å². The van der Waals surface area contributed by atoms with Gasteiger partial charge >= 0.3 is 0 Å². The topological polar surface area (TPSA) is 50.9 Å². The van der Waals surface area contributed by atoms with Crippen molar-refractivity contribution >= 4 is 11.6 Å². The third-order valence-corrected chi connectivity index (χ3v) is 2.45. The number of hydrogen-bond donors (Lipinski definition) is 1. The second-order valence-corrected chi connectivity index (χ2v) is 3.88. The first-order valence-corrected chi connectivity index (χ1v) is 5.42. The molecule has 0 aliphatic heterocycles. The van der Waals surface area contributed by atoms with Gasteiger partial charge in [0.15, 0.2) is 5.82 Å². The zero-order valence-electron chi connectivity index (χ0n) is 8.89. The Labute approximate surface area is 98.5 Å². The highest BCUT2D eigenvalue weighted by atomic mass is 35.5. The normalized spacial score (nSPS) is 10.7. The molecule has 1 N–H and O–H groups in total. The SMILES string of the molecule is CCc1cc(CO)cc(-n2cc(Cl)cn2)n1. The molecule has 0 aliphatic rings. The van der Waals surface area contributed by atoms with Gasteiger partial charge in [-0.05, 0) is 24.1 Å². The van der Waals surface area contributed by atoms with E-state index in [2.05, 4.69) is 10.1 Å². The Hall–Kier alpha value is -1.39. The van der Waals surface area contributed by atoms with Crippen molar-refractivity contribution in [1.29, 1.82) is 0 Å². The summed E-state index contributed by atoms with van der Waals surface area (Å²) in [5, 5.41) is 13.8. The first kappa shape index (κ1) is 11.1. The summed E-state index contributed by atoms with van der Waals surface area (Å²) in [5.41, 5.74) is 1.75. The molecule has 0 aromatic carbocycles. The molecule has 4 nitrogen and oxygen atoms in total. The van der Waals surface area contributed by atoms with Gasteiger partial charge in [0.25, 0.3) is 0 Å². The van der Waals surface area contributed by atoms with Crippen LogP contribution in [0.1, 0.15) is 18.2 Å². The highest BCUT2D eigenvalue weighted by Crippen LogP contribution is 2.13. The summed E-state index contributed by atoms with van der Waals surface area (Å²) in [7, 11) is 0. The number of pyridine rings is 1. The summed E-state index contributed by atoms with van der Waals surface area (Å²) >= 11 is 5.80. The standard InChI is InChI=1S/C11H12ClN3O/c1-2-10-3-8(7-16)4-11(14-10)15-6-9(12)5-13-15/h3-6,16H,2,7H2,1H3. The van der Waals surface area contributed by atoms with Crippen LogP contribution in [0.4, 0.5) is 0 Å². The molecule has 0 unspecified atom stereocenters. The van der Waals surface area contributed by atoms with Gasteiger partial charge in [0, 0.05) is 5.69 Å². The first-order valence-electron chi connectivity index (χ1n) is 5.04. The smallest absolute Gasteiger partial charge is 0.153 e. The maximum Gasteiger partial charge on any atom is 0.153 e. The van der Waals surface area contributed by atoms with Gasteiger partial charge in [-0.1, -0.05) is 18.5 Å². The lowest BCUT2D eigenvalue weighted by Crippen LogP contribution is -2.02. The van der Waals surface area contributed by atoms with Gasteiger partial charge in [-0.3, -0.25) is 0 Å². The molecule has 0 bridgehead atoms. The average Bonchev–Trinajstić information content (AvgIpc) is 2.75. The van der Waals surface area contributed by atoms with E-state index in [0.717, 1.165) is 17.7 Å². The van der Waals surface area contributed by atoms with Crippen LogP contribution in [-0.2, 0) is 13.0 Å². The van der Waals surface area contributed by atoms with Crippen LogP contribution in [0, 0.1) is 0 Å². The second-order valence-electron chi connectivity index (χ2n) is 3.44. The van der Waals surface area contributed by atoms with Crippen molar-refractivity contribution in [1.82, 2.24) is 14.8 Å². The molecule has 0 saturated carbocycles. The third-order valence-electron chi connectivity index (χ3n) is 2.26. The van der Waals surface area contributed by atoms with Crippen LogP contribution in [0.2, 0.25) is 5.02 Å². The summed E-state index contributed by atoms with van der Waals surface area (Å²) < 4.78 is 1.60.